The first-order valence-electron chi connectivity index (χ1n) is 8.70. The smallest absolute Gasteiger partial charge is 0.243 e. The molecule has 5 nitrogen and oxygen atoms in total. The van der Waals surface area contributed by atoms with Gasteiger partial charge in [-0.3, -0.25) is 0 Å². The molecule has 1 heterocycles. The normalized spacial score (nSPS) is 19.1. The van der Waals surface area contributed by atoms with Crippen LogP contribution in [-0.2, 0) is 14.8 Å². The fraction of sp³-hybridized carbons (Fsp3) is 0.474. The average Bonchev–Trinajstić information content (AvgIpc) is 3.08. The van der Waals surface area contributed by atoms with Crippen molar-refractivity contribution in [2.24, 2.45) is 0 Å². The van der Waals surface area contributed by atoms with Gasteiger partial charge in [-0.2, -0.15) is 4.31 Å². The van der Waals surface area contributed by atoms with Crippen LogP contribution in [0.15, 0.2) is 47.4 Å². The number of sulfonamides is 1. The van der Waals surface area contributed by atoms with E-state index in [0.29, 0.717) is 18.0 Å². The predicted molar refractivity (Wildman–Crippen MR) is 100 cm³/mol. The quantitative estimate of drug-likeness (QED) is 0.760. The number of hydrogen-bond acceptors (Lipinski definition) is 4. The number of benzene rings is 2. The van der Waals surface area contributed by atoms with Crippen LogP contribution in [0.3, 0.4) is 0 Å². The summed E-state index contributed by atoms with van der Waals surface area (Å²) in [5, 5.41) is 2.01. The minimum Gasteiger partial charge on any atom is -0.383 e. The molecule has 136 valence electrons. The summed E-state index contributed by atoms with van der Waals surface area (Å²) in [7, 11) is 0.222. The second-order valence-electron chi connectivity index (χ2n) is 6.68. The lowest BCUT2D eigenvalue weighted by Gasteiger charge is -2.28. The lowest BCUT2D eigenvalue weighted by Crippen LogP contribution is -2.42. The maximum absolute atomic E-state index is 13.2. The molecule has 1 aliphatic heterocycles. The average molecular weight is 362 g/mol. The van der Waals surface area contributed by atoms with E-state index in [2.05, 4.69) is 4.90 Å². The van der Waals surface area contributed by atoms with Gasteiger partial charge in [-0.25, -0.2) is 8.42 Å². The predicted octanol–water partition coefficient (Wildman–Crippen LogP) is 2.57. The lowest BCUT2D eigenvalue weighted by atomic mass is 10.1. The van der Waals surface area contributed by atoms with E-state index in [-0.39, 0.29) is 6.04 Å². The number of hydrogen-bond donors (Lipinski definition) is 0. The molecule has 1 saturated heterocycles. The van der Waals surface area contributed by atoms with Crippen molar-refractivity contribution in [1.82, 2.24) is 9.21 Å². The van der Waals surface area contributed by atoms with Crippen molar-refractivity contribution in [3.8, 4) is 0 Å². The monoisotopic (exact) mass is 362 g/mol. The zero-order chi connectivity index (χ0) is 17.9. The van der Waals surface area contributed by atoms with Crippen LogP contribution in [0.1, 0.15) is 12.8 Å². The number of ether oxygens (including phenoxy) is 1. The lowest BCUT2D eigenvalue weighted by molar-refractivity contribution is 0.151. The van der Waals surface area contributed by atoms with Gasteiger partial charge in [-0.15, -0.1) is 0 Å². The molecule has 0 saturated carbocycles. The number of nitrogens with zero attached hydrogens (tertiary/aromatic N) is 2. The van der Waals surface area contributed by atoms with Gasteiger partial charge in [0.2, 0.25) is 10.0 Å². The second kappa shape index (κ2) is 7.83. The molecule has 0 N–H and O–H groups in total. The summed E-state index contributed by atoms with van der Waals surface area (Å²) in [4.78, 5) is 2.53. The standard InChI is InChI=1S/C19H26N2O3S/c1-20(12-13-24-2)15-18-8-5-11-21(18)25(22,23)19-10-9-16-6-3-4-7-17(16)14-19/h3-4,6-7,9-10,14,18H,5,8,11-13,15H2,1-2H3. The van der Waals surface area contributed by atoms with E-state index < -0.39 is 10.0 Å². The van der Waals surface area contributed by atoms with E-state index in [1.54, 1.807) is 23.5 Å². The van der Waals surface area contributed by atoms with E-state index >= 15 is 0 Å². The van der Waals surface area contributed by atoms with Crippen LogP contribution in [0.5, 0.6) is 0 Å². The Labute approximate surface area is 150 Å². The molecule has 1 atom stereocenters. The number of likely N-dealkylation sites (N-methyl/N-ethyl adjacent to an activating group) is 1. The van der Waals surface area contributed by atoms with Gasteiger partial charge in [0.25, 0.3) is 0 Å². The van der Waals surface area contributed by atoms with Gasteiger partial charge >= 0.3 is 0 Å². The Hall–Kier alpha value is -1.47. The topological polar surface area (TPSA) is 49.9 Å². The van der Waals surface area contributed by atoms with Gasteiger partial charge < -0.3 is 9.64 Å². The first kappa shape index (κ1) is 18.3. The molecule has 0 spiro atoms. The highest BCUT2D eigenvalue weighted by molar-refractivity contribution is 7.89. The van der Waals surface area contributed by atoms with Crippen molar-refractivity contribution in [2.75, 3.05) is 40.4 Å². The molecule has 0 radical (unpaired) electrons. The molecule has 1 unspecified atom stereocenters. The Bertz CT molecular complexity index is 822. The van der Waals surface area contributed by atoms with Gasteiger partial charge in [-0.05, 0) is 42.8 Å². The van der Waals surface area contributed by atoms with E-state index in [9.17, 15) is 8.42 Å². The zero-order valence-electron chi connectivity index (χ0n) is 14.9. The van der Waals surface area contributed by atoms with Crippen LogP contribution in [0.4, 0.5) is 0 Å². The molecule has 2 aromatic rings. The largest absolute Gasteiger partial charge is 0.383 e. The van der Waals surface area contributed by atoms with Crippen molar-refractivity contribution in [2.45, 2.75) is 23.8 Å². The summed E-state index contributed by atoms with van der Waals surface area (Å²) < 4.78 is 33.1. The SMILES string of the molecule is COCCN(C)CC1CCCN1S(=O)(=O)c1ccc2ccccc2c1. The highest BCUT2D eigenvalue weighted by atomic mass is 32.2. The first-order valence-corrected chi connectivity index (χ1v) is 10.1. The molecule has 6 heteroatoms. The van der Waals surface area contributed by atoms with Gasteiger partial charge in [0, 0.05) is 32.8 Å². The van der Waals surface area contributed by atoms with Crippen molar-refractivity contribution < 1.29 is 13.2 Å². The Morgan fingerprint density at radius 1 is 1.20 bits per heavy atom. The van der Waals surface area contributed by atoms with E-state index in [0.717, 1.165) is 36.7 Å². The summed E-state index contributed by atoms with van der Waals surface area (Å²) in [6.07, 6.45) is 1.82. The molecule has 0 aromatic heterocycles. The third-order valence-electron chi connectivity index (χ3n) is 4.85. The molecule has 3 rings (SSSR count). The minimum atomic E-state index is -3.47. The Morgan fingerprint density at radius 3 is 2.72 bits per heavy atom. The molecule has 25 heavy (non-hydrogen) atoms. The molecule has 1 fully saturated rings. The van der Waals surface area contributed by atoms with Crippen LogP contribution in [-0.4, -0.2) is 64.1 Å². The zero-order valence-corrected chi connectivity index (χ0v) is 15.7. The number of methoxy groups -OCH3 is 1. The van der Waals surface area contributed by atoms with Crippen molar-refractivity contribution >= 4 is 20.8 Å². The first-order chi connectivity index (χ1) is 12.0. The number of fused-ring (bicyclic) bond motifs is 1. The molecule has 0 bridgehead atoms. The van der Waals surface area contributed by atoms with Crippen LogP contribution in [0, 0.1) is 0 Å². The maximum Gasteiger partial charge on any atom is 0.243 e. The van der Waals surface area contributed by atoms with E-state index in [4.69, 9.17) is 4.74 Å². The van der Waals surface area contributed by atoms with Gasteiger partial charge in [0.05, 0.1) is 11.5 Å². The third-order valence-corrected chi connectivity index (χ3v) is 6.80. The van der Waals surface area contributed by atoms with Gasteiger partial charge in [0.1, 0.15) is 0 Å². The Morgan fingerprint density at radius 2 is 1.96 bits per heavy atom. The fourth-order valence-electron chi connectivity index (χ4n) is 3.47. The molecule has 0 amide bonds. The minimum absolute atomic E-state index is 0.0262. The summed E-state index contributed by atoms with van der Waals surface area (Å²) in [6.45, 7) is 2.78. The molecule has 2 aromatic carbocycles. The fourth-order valence-corrected chi connectivity index (χ4v) is 5.19. The van der Waals surface area contributed by atoms with E-state index in [1.165, 1.54) is 0 Å². The molecular formula is C19H26N2O3S. The highest BCUT2D eigenvalue weighted by Crippen LogP contribution is 2.28. The van der Waals surface area contributed by atoms with Crippen molar-refractivity contribution in [3.05, 3.63) is 42.5 Å². The summed E-state index contributed by atoms with van der Waals surface area (Å²) in [5.41, 5.74) is 0. The summed E-state index contributed by atoms with van der Waals surface area (Å²) in [5.74, 6) is 0. The second-order valence-corrected chi connectivity index (χ2v) is 8.57. The van der Waals surface area contributed by atoms with Crippen LogP contribution in [0.2, 0.25) is 0 Å². The number of rotatable bonds is 7. The van der Waals surface area contributed by atoms with Gasteiger partial charge in [0.15, 0.2) is 0 Å². The summed E-state index contributed by atoms with van der Waals surface area (Å²) in [6, 6.07) is 13.3. The maximum atomic E-state index is 13.2. The van der Waals surface area contributed by atoms with Crippen molar-refractivity contribution in [1.29, 1.82) is 0 Å². The molecule has 1 aliphatic rings. The van der Waals surface area contributed by atoms with Crippen LogP contribution < -0.4 is 0 Å². The Balaban J connectivity index is 1.81. The summed E-state index contributed by atoms with van der Waals surface area (Å²) >= 11 is 0. The van der Waals surface area contributed by atoms with Crippen LogP contribution in [0.25, 0.3) is 10.8 Å². The molecular weight excluding hydrogens is 336 g/mol. The van der Waals surface area contributed by atoms with E-state index in [1.807, 2.05) is 37.4 Å². The Kier molecular flexibility index (Phi) is 5.74. The molecule has 0 aliphatic carbocycles. The van der Waals surface area contributed by atoms with Crippen LogP contribution >= 0.6 is 0 Å². The highest BCUT2D eigenvalue weighted by Gasteiger charge is 2.35. The van der Waals surface area contributed by atoms with Crippen molar-refractivity contribution in [3.63, 3.8) is 0 Å². The van der Waals surface area contributed by atoms with Gasteiger partial charge in [-0.1, -0.05) is 30.3 Å². The third kappa shape index (κ3) is 4.03.